The van der Waals surface area contributed by atoms with Crippen LogP contribution in [0.4, 0.5) is 4.79 Å². The summed E-state index contributed by atoms with van der Waals surface area (Å²) in [6, 6.07) is 1.41. The second-order valence-corrected chi connectivity index (χ2v) is 5.38. The van der Waals surface area contributed by atoms with E-state index in [0.29, 0.717) is 38.3 Å². The Balaban J connectivity index is 1.97. The Kier molecular flexibility index (Phi) is 5.25. The van der Waals surface area contributed by atoms with Gasteiger partial charge in [-0.1, -0.05) is 23.2 Å². The minimum absolute atomic E-state index is 0.0965. The van der Waals surface area contributed by atoms with Gasteiger partial charge in [0.05, 0.1) is 10.6 Å². The highest BCUT2D eigenvalue weighted by Gasteiger charge is 2.25. The summed E-state index contributed by atoms with van der Waals surface area (Å²) in [7, 11) is 0. The molecule has 1 aromatic rings. The highest BCUT2D eigenvalue weighted by Crippen LogP contribution is 2.20. The van der Waals surface area contributed by atoms with Crippen molar-refractivity contribution in [3.8, 4) is 0 Å². The topological polar surface area (TPSA) is 65.5 Å². The van der Waals surface area contributed by atoms with Gasteiger partial charge < -0.3 is 15.1 Å². The predicted molar refractivity (Wildman–Crippen MR) is 80.8 cm³/mol. The summed E-state index contributed by atoms with van der Waals surface area (Å²) in [5.41, 5.74) is 0.399. The number of nitrogens with zero attached hydrogens (tertiary/aromatic N) is 3. The fourth-order valence-electron chi connectivity index (χ4n) is 2.10. The highest BCUT2D eigenvalue weighted by atomic mass is 35.5. The molecule has 2 heterocycles. The van der Waals surface area contributed by atoms with Crippen LogP contribution in [0.25, 0.3) is 0 Å². The number of aromatic nitrogens is 1. The average molecular weight is 331 g/mol. The Hall–Kier alpha value is -1.53. The van der Waals surface area contributed by atoms with Crippen LogP contribution in [0.15, 0.2) is 12.3 Å². The molecule has 0 aliphatic carbocycles. The molecule has 1 saturated heterocycles. The van der Waals surface area contributed by atoms with E-state index < -0.39 is 0 Å². The second-order valence-electron chi connectivity index (χ2n) is 4.61. The Morgan fingerprint density at radius 2 is 1.86 bits per heavy atom. The van der Waals surface area contributed by atoms with Crippen LogP contribution in [0.5, 0.6) is 0 Å². The number of piperazine rings is 1. The van der Waals surface area contributed by atoms with Gasteiger partial charge in [0.2, 0.25) is 0 Å². The minimum atomic E-state index is -0.156. The molecule has 0 atom stereocenters. The minimum Gasteiger partial charge on any atom is -0.338 e. The van der Waals surface area contributed by atoms with Gasteiger partial charge in [-0.2, -0.15) is 0 Å². The molecule has 0 radical (unpaired) electrons. The van der Waals surface area contributed by atoms with Crippen LogP contribution in [0.3, 0.4) is 0 Å². The van der Waals surface area contributed by atoms with Crippen molar-refractivity contribution < 1.29 is 9.59 Å². The van der Waals surface area contributed by atoms with Crippen LogP contribution < -0.4 is 5.32 Å². The molecule has 3 amide bonds. The fraction of sp³-hybridized carbons (Fsp3) is 0.462. The maximum atomic E-state index is 12.3. The Bertz CT molecular complexity index is 545. The van der Waals surface area contributed by atoms with Gasteiger partial charge in [-0.15, -0.1) is 0 Å². The quantitative estimate of drug-likeness (QED) is 0.842. The van der Waals surface area contributed by atoms with Crippen molar-refractivity contribution in [2.24, 2.45) is 0 Å². The third-order valence-corrected chi connectivity index (χ3v) is 3.91. The van der Waals surface area contributed by atoms with Crippen LogP contribution in [0, 0.1) is 0 Å². The van der Waals surface area contributed by atoms with Crippen molar-refractivity contribution >= 4 is 35.1 Å². The molecule has 8 heteroatoms. The van der Waals surface area contributed by atoms with Crippen LogP contribution in [-0.4, -0.2) is 59.4 Å². The molecule has 114 valence electrons. The average Bonchev–Trinajstić information content (AvgIpc) is 2.50. The summed E-state index contributed by atoms with van der Waals surface area (Å²) in [6.07, 6.45) is 1.41. The van der Waals surface area contributed by atoms with E-state index in [1.165, 1.54) is 12.3 Å². The largest absolute Gasteiger partial charge is 0.338 e. The maximum absolute atomic E-state index is 12.3. The van der Waals surface area contributed by atoms with Gasteiger partial charge in [-0.3, -0.25) is 4.79 Å². The molecular formula is C13H16Cl2N4O2. The Morgan fingerprint density at radius 1 is 1.24 bits per heavy atom. The van der Waals surface area contributed by atoms with Gasteiger partial charge >= 0.3 is 6.03 Å². The number of urea groups is 1. The molecule has 0 aromatic carbocycles. The van der Waals surface area contributed by atoms with Crippen molar-refractivity contribution in [2.45, 2.75) is 6.92 Å². The summed E-state index contributed by atoms with van der Waals surface area (Å²) in [4.78, 5) is 31.3. The number of hydrogen-bond acceptors (Lipinski definition) is 3. The van der Waals surface area contributed by atoms with Crippen LogP contribution >= 0.6 is 23.2 Å². The lowest BCUT2D eigenvalue weighted by Crippen LogP contribution is -2.53. The van der Waals surface area contributed by atoms with Gasteiger partial charge in [-0.05, 0) is 13.0 Å². The molecule has 0 spiro atoms. The maximum Gasteiger partial charge on any atom is 0.317 e. The summed E-state index contributed by atoms with van der Waals surface area (Å²) < 4.78 is 0. The first kappa shape index (κ1) is 15.9. The Morgan fingerprint density at radius 3 is 2.43 bits per heavy atom. The molecule has 1 aromatic heterocycles. The number of hydrogen-bond donors (Lipinski definition) is 1. The lowest BCUT2D eigenvalue weighted by molar-refractivity contribution is 0.0665. The first-order chi connectivity index (χ1) is 10.0. The number of carbonyl (C=O) groups excluding carboxylic acids is 2. The molecule has 6 nitrogen and oxygen atoms in total. The molecule has 21 heavy (non-hydrogen) atoms. The molecule has 1 fully saturated rings. The van der Waals surface area contributed by atoms with Crippen molar-refractivity contribution in [2.75, 3.05) is 32.7 Å². The number of nitrogens with one attached hydrogen (secondary N) is 1. The smallest absolute Gasteiger partial charge is 0.317 e. The van der Waals surface area contributed by atoms with Gasteiger partial charge in [0.25, 0.3) is 5.91 Å². The number of amides is 3. The first-order valence-electron chi connectivity index (χ1n) is 6.66. The summed E-state index contributed by atoms with van der Waals surface area (Å²) in [5, 5.41) is 3.17. The van der Waals surface area contributed by atoms with Gasteiger partial charge in [-0.25, -0.2) is 9.78 Å². The van der Waals surface area contributed by atoms with E-state index in [-0.39, 0.29) is 22.1 Å². The molecule has 1 aliphatic heterocycles. The summed E-state index contributed by atoms with van der Waals surface area (Å²) >= 11 is 11.6. The second kappa shape index (κ2) is 6.95. The number of halogens is 2. The fourth-order valence-corrected chi connectivity index (χ4v) is 2.37. The normalized spacial score (nSPS) is 15.0. The first-order valence-corrected chi connectivity index (χ1v) is 7.41. The SMILES string of the molecule is CCNC(=O)N1CCN(C(=O)c2cnc(Cl)c(Cl)c2)CC1. The van der Waals surface area contributed by atoms with E-state index in [0.717, 1.165) is 0 Å². The van der Waals surface area contributed by atoms with Crippen LogP contribution in [0.1, 0.15) is 17.3 Å². The zero-order valence-electron chi connectivity index (χ0n) is 11.6. The molecule has 1 N–H and O–H groups in total. The lowest BCUT2D eigenvalue weighted by Gasteiger charge is -2.34. The van der Waals surface area contributed by atoms with E-state index in [9.17, 15) is 9.59 Å². The zero-order valence-corrected chi connectivity index (χ0v) is 13.1. The Labute approximate surface area is 133 Å². The van der Waals surface area contributed by atoms with Crippen molar-refractivity contribution in [1.82, 2.24) is 20.1 Å². The summed E-state index contributed by atoms with van der Waals surface area (Å²) in [6.45, 7) is 4.44. The van der Waals surface area contributed by atoms with Gasteiger partial charge in [0.1, 0.15) is 5.15 Å². The number of carbonyl (C=O) groups is 2. The predicted octanol–water partition coefficient (Wildman–Crippen LogP) is 1.88. The molecule has 2 rings (SSSR count). The number of pyridine rings is 1. The van der Waals surface area contributed by atoms with Crippen LogP contribution in [0.2, 0.25) is 10.2 Å². The van der Waals surface area contributed by atoms with E-state index in [2.05, 4.69) is 10.3 Å². The zero-order chi connectivity index (χ0) is 15.4. The third-order valence-electron chi connectivity index (χ3n) is 3.23. The third kappa shape index (κ3) is 3.77. The molecule has 0 saturated carbocycles. The van der Waals surface area contributed by atoms with E-state index in [1.807, 2.05) is 6.92 Å². The standard InChI is InChI=1S/C13H16Cl2N4O2/c1-2-16-13(21)19-5-3-18(4-6-19)12(20)9-7-10(14)11(15)17-8-9/h7-8H,2-6H2,1H3,(H,16,21). The summed E-state index contributed by atoms with van der Waals surface area (Å²) in [5.74, 6) is -0.156. The van der Waals surface area contributed by atoms with Crippen molar-refractivity contribution in [3.63, 3.8) is 0 Å². The van der Waals surface area contributed by atoms with Gasteiger partial charge in [0, 0.05) is 38.9 Å². The van der Waals surface area contributed by atoms with Gasteiger partial charge in [0.15, 0.2) is 0 Å². The molecule has 0 bridgehead atoms. The monoisotopic (exact) mass is 330 g/mol. The van der Waals surface area contributed by atoms with E-state index in [1.54, 1.807) is 9.80 Å². The van der Waals surface area contributed by atoms with E-state index >= 15 is 0 Å². The van der Waals surface area contributed by atoms with Crippen LogP contribution in [-0.2, 0) is 0 Å². The molecule has 1 aliphatic rings. The molecule has 0 unspecified atom stereocenters. The van der Waals surface area contributed by atoms with E-state index in [4.69, 9.17) is 23.2 Å². The highest BCUT2D eigenvalue weighted by molar-refractivity contribution is 6.41. The molecular weight excluding hydrogens is 315 g/mol. The number of rotatable bonds is 2. The van der Waals surface area contributed by atoms with Crippen molar-refractivity contribution in [3.05, 3.63) is 28.0 Å². The lowest BCUT2D eigenvalue weighted by atomic mass is 10.2. The van der Waals surface area contributed by atoms with Crippen molar-refractivity contribution in [1.29, 1.82) is 0 Å².